The van der Waals surface area contributed by atoms with Crippen LogP contribution in [0.15, 0.2) is 66.0 Å². The van der Waals surface area contributed by atoms with Crippen LogP contribution in [0.4, 0.5) is 13.2 Å². The fraction of sp³-hybridized carbons (Fsp3) is 0.154. The fourth-order valence-corrected chi connectivity index (χ4v) is 4.74. The zero-order valence-corrected chi connectivity index (χ0v) is 22.3. The number of nitrogens with one attached hydrogen (secondary N) is 1. The van der Waals surface area contributed by atoms with Gasteiger partial charge in [0.2, 0.25) is 0 Å². The van der Waals surface area contributed by atoms with E-state index in [0.717, 1.165) is 16.8 Å². The number of carbonyl (C=O) groups is 2. The second-order valence-corrected chi connectivity index (χ2v) is 9.57. The van der Waals surface area contributed by atoms with Crippen LogP contribution in [0.2, 0.25) is 5.02 Å². The van der Waals surface area contributed by atoms with E-state index in [1.165, 1.54) is 29.3 Å². The van der Waals surface area contributed by atoms with Gasteiger partial charge in [0.15, 0.2) is 0 Å². The number of tetrazole rings is 1. The highest BCUT2D eigenvalue weighted by atomic mass is 35.5. The fourth-order valence-electron chi connectivity index (χ4n) is 4.57. The van der Waals surface area contributed by atoms with E-state index in [2.05, 4.69) is 30.5 Å². The normalized spacial score (nSPS) is 14.1. The number of aromatic nitrogens is 8. The minimum absolute atomic E-state index is 0.133. The van der Waals surface area contributed by atoms with Crippen molar-refractivity contribution in [3.8, 4) is 28.2 Å². The van der Waals surface area contributed by atoms with E-state index < -0.39 is 18.1 Å². The Morgan fingerprint density at radius 1 is 1.07 bits per heavy atom. The molecule has 1 atom stereocenters. The third kappa shape index (κ3) is 6.13. The maximum absolute atomic E-state index is 13.3. The third-order valence-electron chi connectivity index (χ3n) is 6.44. The summed E-state index contributed by atoms with van der Waals surface area (Å²) >= 11 is 6.27. The van der Waals surface area contributed by atoms with Gasteiger partial charge in [-0.2, -0.15) is 17.9 Å². The quantitative estimate of drug-likeness (QED) is 0.263. The van der Waals surface area contributed by atoms with E-state index in [1.54, 1.807) is 35.0 Å². The van der Waals surface area contributed by atoms with Crippen molar-refractivity contribution >= 4 is 23.5 Å². The van der Waals surface area contributed by atoms with Gasteiger partial charge >= 0.3 is 18.1 Å². The number of nitrogens with zero attached hydrogens (tertiary/aromatic N) is 7. The van der Waals surface area contributed by atoms with Gasteiger partial charge in [-0.25, -0.2) is 14.6 Å². The largest absolute Gasteiger partial charge is 0.490 e. The van der Waals surface area contributed by atoms with Crippen LogP contribution in [0.5, 0.6) is 0 Å². The third-order valence-corrected chi connectivity index (χ3v) is 6.67. The van der Waals surface area contributed by atoms with Crippen molar-refractivity contribution in [1.82, 2.24) is 39.7 Å². The SMILES string of the molecule is O=C(O)C(F)(F)F.O=C(O)c1ccnc(-c2cnc([C@@H]3CCc4cc(-c5cc(Cl)ccc5-n5cnnn5)cc(=O)n43)[nH]2)c1. The predicted molar refractivity (Wildman–Crippen MR) is 143 cm³/mol. The van der Waals surface area contributed by atoms with Gasteiger partial charge in [0.25, 0.3) is 5.56 Å². The van der Waals surface area contributed by atoms with Gasteiger partial charge in [0, 0.05) is 28.5 Å². The Hall–Kier alpha value is -5.38. The molecule has 4 aromatic heterocycles. The first-order valence-corrected chi connectivity index (χ1v) is 12.6. The molecule has 0 bridgehead atoms. The van der Waals surface area contributed by atoms with Crippen molar-refractivity contribution < 1.29 is 33.0 Å². The van der Waals surface area contributed by atoms with E-state index in [9.17, 15) is 27.9 Å². The summed E-state index contributed by atoms with van der Waals surface area (Å²) in [6.45, 7) is 0. The molecule has 0 fully saturated rings. The monoisotopic (exact) mass is 614 g/mol. The first-order valence-electron chi connectivity index (χ1n) is 12.3. The number of rotatable bonds is 5. The number of imidazole rings is 1. The highest BCUT2D eigenvalue weighted by Gasteiger charge is 2.38. The number of pyridine rings is 2. The zero-order chi connectivity index (χ0) is 30.9. The second-order valence-electron chi connectivity index (χ2n) is 9.13. The van der Waals surface area contributed by atoms with Crippen molar-refractivity contribution in [2.45, 2.75) is 25.1 Å². The van der Waals surface area contributed by atoms with Crippen LogP contribution in [-0.2, 0) is 11.2 Å². The van der Waals surface area contributed by atoms with Gasteiger partial charge in [0.05, 0.1) is 34.9 Å². The topological polar surface area (TPSA) is 182 Å². The smallest absolute Gasteiger partial charge is 0.478 e. The van der Waals surface area contributed by atoms with E-state index >= 15 is 0 Å². The molecule has 1 aromatic carbocycles. The molecule has 0 amide bonds. The molecule has 0 spiro atoms. The molecule has 0 saturated heterocycles. The van der Waals surface area contributed by atoms with Crippen LogP contribution in [0.3, 0.4) is 0 Å². The molecule has 13 nitrogen and oxygen atoms in total. The Morgan fingerprint density at radius 3 is 2.51 bits per heavy atom. The summed E-state index contributed by atoms with van der Waals surface area (Å²) in [5, 5.41) is 28.3. The molecule has 43 heavy (non-hydrogen) atoms. The Balaban J connectivity index is 0.000000472. The van der Waals surface area contributed by atoms with Crippen molar-refractivity contribution in [1.29, 1.82) is 0 Å². The molecule has 17 heteroatoms. The summed E-state index contributed by atoms with van der Waals surface area (Å²) in [7, 11) is 0. The maximum atomic E-state index is 13.3. The van der Waals surface area contributed by atoms with E-state index in [-0.39, 0.29) is 17.2 Å². The Labute approximate surface area is 243 Å². The lowest BCUT2D eigenvalue weighted by Crippen LogP contribution is -2.23. The average molecular weight is 615 g/mol. The molecule has 0 radical (unpaired) electrons. The van der Waals surface area contributed by atoms with Crippen LogP contribution in [0.1, 0.15) is 34.3 Å². The molecular formula is C26H18ClF3N8O5. The van der Waals surface area contributed by atoms with Crippen molar-refractivity contribution in [3.63, 3.8) is 0 Å². The minimum atomic E-state index is -5.08. The summed E-state index contributed by atoms with van der Waals surface area (Å²) in [5.41, 5.74) is 4.04. The van der Waals surface area contributed by atoms with Crippen LogP contribution < -0.4 is 5.56 Å². The molecule has 0 unspecified atom stereocenters. The van der Waals surface area contributed by atoms with Gasteiger partial charge in [-0.15, -0.1) is 5.10 Å². The van der Waals surface area contributed by atoms with E-state index in [4.69, 9.17) is 21.5 Å². The molecule has 1 aliphatic rings. The number of aromatic amines is 1. The van der Waals surface area contributed by atoms with Crippen LogP contribution in [0, 0.1) is 0 Å². The molecular weight excluding hydrogens is 597 g/mol. The Kier molecular flexibility index (Phi) is 7.78. The summed E-state index contributed by atoms with van der Waals surface area (Å²) in [6, 6.07) is 11.5. The van der Waals surface area contributed by atoms with Crippen LogP contribution in [0.25, 0.3) is 28.2 Å². The van der Waals surface area contributed by atoms with E-state index in [1.807, 2.05) is 6.07 Å². The molecule has 0 saturated carbocycles. The lowest BCUT2D eigenvalue weighted by atomic mass is 10.0. The maximum Gasteiger partial charge on any atom is 0.490 e. The molecule has 0 aliphatic carbocycles. The molecule has 6 rings (SSSR count). The number of carboxylic acid groups (broad SMARTS) is 2. The number of alkyl halides is 3. The van der Waals surface area contributed by atoms with E-state index in [0.29, 0.717) is 40.8 Å². The lowest BCUT2D eigenvalue weighted by Gasteiger charge is -2.15. The number of benzene rings is 1. The first kappa shape index (κ1) is 29.1. The number of carboxylic acids is 2. The molecule has 5 aromatic rings. The number of aliphatic carboxylic acids is 1. The van der Waals surface area contributed by atoms with Gasteiger partial charge in [-0.1, -0.05) is 11.6 Å². The predicted octanol–water partition coefficient (Wildman–Crippen LogP) is 3.80. The Morgan fingerprint density at radius 2 is 1.84 bits per heavy atom. The van der Waals surface area contributed by atoms with Crippen LogP contribution >= 0.6 is 11.6 Å². The number of aromatic carboxylic acids is 1. The van der Waals surface area contributed by atoms with Gasteiger partial charge in [-0.05, 0) is 65.2 Å². The number of aryl methyl sites for hydroxylation is 1. The Bertz CT molecular complexity index is 1890. The standard InChI is InChI=1S/C24H17ClN8O3.C2HF3O2/c25-15-1-3-20(32-12-28-30-31-32)17(10-15)14-7-16-2-4-21(33(16)22(34)9-14)23-27-11-19(29-23)18-8-13(24(35)36)5-6-26-18;3-2(4,5)1(6)7/h1,3,5-12,21H,2,4H2,(H,27,29)(H,35,36);(H,6,7)/t21-;/m0./s1. The average Bonchev–Trinajstić information content (AvgIpc) is 3.74. The summed E-state index contributed by atoms with van der Waals surface area (Å²) < 4.78 is 35.0. The van der Waals surface area contributed by atoms with Crippen molar-refractivity contribution in [2.24, 2.45) is 0 Å². The van der Waals surface area contributed by atoms with Gasteiger partial charge in [0.1, 0.15) is 12.2 Å². The molecule has 220 valence electrons. The van der Waals surface area contributed by atoms with Gasteiger partial charge in [-0.3, -0.25) is 9.78 Å². The highest BCUT2D eigenvalue weighted by molar-refractivity contribution is 6.31. The lowest BCUT2D eigenvalue weighted by molar-refractivity contribution is -0.192. The molecule has 1 aliphatic heterocycles. The van der Waals surface area contributed by atoms with Crippen molar-refractivity contribution in [2.75, 3.05) is 0 Å². The first-order chi connectivity index (χ1) is 20.4. The molecule has 5 heterocycles. The summed E-state index contributed by atoms with van der Waals surface area (Å²) in [4.78, 5) is 45.5. The van der Waals surface area contributed by atoms with Crippen molar-refractivity contribution in [3.05, 3.63) is 93.6 Å². The zero-order valence-electron chi connectivity index (χ0n) is 21.5. The second kappa shape index (κ2) is 11.5. The number of hydrogen-bond acceptors (Lipinski definition) is 8. The van der Waals surface area contributed by atoms with Crippen LogP contribution in [-0.4, -0.2) is 68.1 Å². The number of fused-ring (bicyclic) bond motifs is 1. The number of H-pyrrole nitrogens is 1. The summed E-state index contributed by atoms with van der Waals surface area (Å²) in [6.07, 6.45) is 0.806. The summed E-state index contributed by atoms with van der Waals surface area (Å²) in [5.74, 6) is -3.18. The van der Waals surface area contributed by atoms with Gasteiger partial charge < -0.3 is 19.8 Å². The number of halogens is 4. The molecule has 3 N–H and O–H groups in total. The highest BCUT2D eigenvalue weighted by Crippen LogP contribution is 2.34. The number of hydrogen-bond donors (Lipinski definition) is 3. The minimum Gasteiger partial charge on any atom is -0.478 e.